The molecule has 2 heterocycles. The first-order valence-corrected chi connectivity index (χ1v) is 12.7. The molecule has 0 bridgehead atoms. The third-order valence-electron chi connectivity index (χ3n) is 6.53. The van der Waals surface area contributed by atoms with Gasteiger partial charge in [-0.2, -0.15) is 0 Å². The van der Waals surface area contributed by atoms with Gasteiger partial charge in [0.25, 0.3) is 5.91 Å². The molecule has 4 nitrogen and oxygen atoms in total. The molecular formula is C28H24Cl4FN3O. The van der Waals surface area contributed by atoms with Gasteiger partial charge >= 0.3 is 0 Å². The number of halogens is 5. The van der Waals surface area contributed by atoms with E-state index in [-0.39, 0.29) is 24.1 Å². The van der Waals surface area contributed by atoms with Gasteiger partial charge in [0.1, 0.15) is 5.82 Å². The van der Waals surface area contributed by atoms with Crippen molar-refractivity contribution in [2.75, 3.05) is 31.1 Å². The molecule has 1 amide bonds. The molecule has 0 spiro atoms. The highest BCUT2D eigenvalue weighted by Crippen LogP contribution is 2.35. The smallest absolute Gasteiger partial charge is 0.255 e. The van der Waals surface area contributed by atoms with Crippen LogP contribution < -0.4 is 4.90 Å². The standard InChI is InChI=1S/C28H23Cl3FN3O.ClH/c1-18-24(28(36)34-14-12-33(13-15-34)23-9-7-22(32)8-10-23)17-27(19-2-4-20(29)5-3-19)35(18)26-11-6-21(30)16-25(26)31;/h2-11,16-17H,12-15H2,1H3;1H. The number of nitrogens with zero attached hydrogens (tertiary/aromatic N) is 3. The molecule has 3 aromatic carbocycles. The van der Waals surface area contributed by atoms with Crippen LogP contribution in [0.3, 0.4) is 0 Å². The largest absolute Gasteiger partial charge is 0.368 e. The summed E-state index contributed by atoms with van der Waals surface area (Å²) in [7, 11) is 0. The van der Waals surface area contributed by atoms with E-state index < -0.39 is 0 Å². The molecule has 0 atom stereocenters. The van der Waals surface area contributed by atoms with E-state index in [2.05, 4.69) is 4.90 Å². The topological polar surface area (TPSA) is 28.5 Å². The van der Waals surface area contributed by atoms with E-state index in [1.807, 2.05) is 52.8 Å². The van der Waals surface area contributed by atoms with Gasteiger partial charge in [-0.05, 0) is 73.2 Å². The number of carbonyl (C=O) groups is 1. The maximum atomic E-state index is 13.7. The normalized spacial score (nSPS) is 13.4. The Hall–Kier alpha value is -2.70. The second-order valence-electron chi connectivity index (χ2n) is 8.72. The van der Waals surface area contributed by atoms with Crippen LogP contribution in [0.1, 0.15) is 16.1 Å². The first-order valence-electron chi connectivity index (χ1n) is 11.6. The molecule has 192 valence electrons. The summed E-state index contributed by atoms with van der Waals surface area (Å²) in [5, 5.41) is 1.66. The zero-order valence-corrected chi connectivity index (χ0v) is 23.0. The van der Waals surface area contributed by atoms with Crippen LogP contribution in [0.15, 0.2) is 72.8 Å². The van der Waals surface area contributed by atoms with Crippen molar-refractivity contribution in [2.24, 2.45) is 0 Å². The SMILES string of the molecule is Cc1c(C(=O)N2CCN(c3ccc(F)cc3)CC2)cc(-c2ccc(Cl)cc2)n1-c1ccc(Cl)cc1Cl.Cl. The Morgan fingerprint density at radius 1 is 0.811 bits per heavy atom. The molecule has 1 fully saturated rings. The van der Waals surface area contributed by atoms with Crippen LogP contribution in [0.2, 0.25) is 15.1 Å². The average Bonchev–Trinajstić information content (AvgIpc) is 3.21. The Balaban J connectivity index is 0.00000320. The Morgan fingerprint density at radius 3 is 2.05 bits per heavy atom. The van der Waals surface area contributed by atoms with Gasteiger partial charge in [-0.3, -0.25) is 4.79 Å². The summed E-state index contributed by atoms with van der Waals surface area (Å²) in [5.41, 5.74) is 4.84. The number of hydrogen-bond donors (Lipinski definition) is 0. The fraction of sp³-hybridized carbons (Fsp3) is 0.179. The minimum absolute atomic E-state index is 0. The zero-order chi connectivity index (χ0) is 25.4. The summed E-state index contributed by atoms with van der Waals surface area (Å²) in [6.45, 7) is 4.40. The predicted molar refractivity (Wildman–Crippen MR) is 153 cm³/mol. The first-order chi connectivity index (χ1) is 17.3. The first kappa shape index (κ1) is 27.3. The summed E-state index contributed by atoms with van der Waals surface area (Å²) in [6.07, 6.45) is 0. The van der Waals surface area contributed by atoms with Crippen molar-refractivity contribution < 1.29 is 9.18 Å². The van der Waals surface area contributed by atoms with E-state index in [1.54, 1.807) is 24.3 Å². The number of carbonyl (C=O) groups excluding carboxylic acids is 1. The second-order valence-corrected chi connectivity index (χ2v) is 10.0. The van der Waals surface area contributed by atoms with Crippen molar-refractivity contribution in [1.29, 1.82) is 0 Å². The van der Waals surface area contributed by atoms with E-state index >= 15 is 0 Å². The Morgan fingerprint density at radius 2 is 1.43 bits per heavy atom. The highest BCUT2D eigenvalue weighted by atomic mass is 35.5. The molecule has 0 aliphatic carbocycles. The molecule has 4 aromatic rings. The maximum Gasteiger partial charge on any atom is 0.255 e. The number of anilines is 1. The van der Waals surface area contributed by atoms with Crippen LogP contribution in [0.25, 0.3) is 16.9 Å². The van der Waals surface area contributed by atoms with Crippen molar-refractivity contribution in [1.82, 2.24) is 9.47 Å². The average molecular weight is 579 g/mol. The highest BCUT2D eigenvalue weighted by Gasteiger charge is 2.27. The molecule has 37 heavy (non-hydrogen) atoms. The lowest BCUT2D eigenvalue weighted by Gasteiger charge is -2.36. The molecule has 1 aliphatic rings. The van der Waals surface area contributed by atoms with Crippen LogP contribution in [-0.2, 0) is 0 Å². The van der Waals surface area contributed by atoms with Gasteiger partial charge in [0.2, 0.25) is 0 Å². The molecule has 1 saturated heterocycles. The van der Waals surface area contributed by atoms with E-state index in [9.17, 15) is 9.18 Å². The molecule has 0 N–H and O–H groups in total. The number of rotatable bonds is 4. The van der Waals surface area contributed by atoms with Crippen LogP contribution in [-0.4, -0.2) is 41.6 Å². The summed E-state index contributed by atoms with van der Waals surface area (Å²) in [6, 6.07) is 21.2. The van der Waals surface area contributed by atoms with E-state index in [1.165, 1.54) is 12.1 Å². The minimum atomic E-state index is -0.259. The lowest BCUT2D eigenvalue weighted by atomic mass is 10.1. The lowest BCUT2D eigenvalue weighted by molar-refractivity contribution is 0.0746. The van der Waals surface area contributed by atoms with Crippen molar-refractivity contribution in [2.45, 2.75) is 6.92 Å². The number of amides is 1. The quantitative estimate of drug-likeness (QED) is 0.246. The van der Waals surface area contributed by atoms with Crippen molar-refractivity contribution in [3.8, 4) is 16.9 Å². The zero-order valence-electron chi connectivity index (χ0n) is 19.9. The molecule has 9 heteroatoms. The number of piperazine rings is 1. The van der Waals surface area contributed by atoms with Crippen molar-refractivity contribution in [3.05, 3.63) is 105 Å². The molecule has 1 aliphatic heterocycles. The number of benzene rings is 3. The second kappa shape index (κ2) is 11.4. The van der Waals surface area contributed by atoms with Gasteiger partial charge < -0.3 is 14.4 Å². The maximum absolute atomic E-state index is 13.7. The van der Waals surface area contributed by atoms with Crippen LogP contribution in [0, 0.1) is 12.7 Å². The monoisotopic (exact) mass is 577 g/mol. The predicted octanol–water partition coefficient (Wildman–Crippen LogP) is 7.94. The van der Waals surface area contributed by atoms with Crippen LogP contribution in [0.5, 0.6) is 0 Å². The lowest BCUT2D eigenvalue weighted by Crippen LogP contribution is -2.48. The van der Waals surface area contributed by atoms with E-state index in [0.29, 0.717) is 46.8 Å². The van der Waals surface area contributed by atoms with Crippen molar-refractivity contribution >= 4 is 58.8 Å². The van der Waals surface area contributed by atoms with Gasteiger partial charge in [0, 0.05) is 47.6 Å². The highest BCUT2D eigenvalue weighted by molar-refractivity contribution is 6.35. The Kier molecular flexibility index (Phi) is 8.39. The summed E-state index contributed by atoms with van der Waals surface area (Å²) in [4.78, 5) is 17.7. The number of aromatic nitrogens is 1. The number of hydrogen-bond acceptors (Lipinski definition) is 2. The third kappa shape index (κ3) is 5.60. The van der Waals surface area contributed by atoms with Gasteiger partial charge in [0.05, 0.1) is 22.0 Å². The molecule has 0 saturated carbocycles. The van der Waals surface area contributed by atoms with E-state index in [0.717, 1.165) is 28.3 Å². The molecular weight excluding hydrogens is 555 g/mol. The fourth-order valence-corrected chi connectivity index (χ4v) is 5.24. The molecule has 5 rings (SSSR count). The Bertz CT molecular complexity index is 1410. The van der Waals surface area contributed by atoms with Crippen LogP contribution in [0.4, 0.5) is 10.1 Å². The minimum Gasteiger partial charge on any atom is -0.368 e. The van der Waals surface area contributed by atoms with Crippen molar-refractivity contribution in [3.63, 3.8) is 0 Å². The van der Waals surface area contributed by atoms with Crippen LogP contribution >= 0.6 is 47.2 Å². The molecule has 0 unspecified atom stereocenters. The molecule has 1 aromatic heterocycles. The van der Waals surface area contributed by atoms with E-state index in [4.69, 9.17) is 34.8 Å². The summed E-state index contributed by atoms with van der Waals surface area (Å²) >= 11 is 18.9. The fourth-order valence-electron chi connectivity index (χ4n) is 4.62. The van der Waals surface area contributed by atoms with Gasteiger partial charge in [-0.25, -0.2) is 4.39 Å². The Labute approximate surface area is 236 Å². The molecule has 0 radical (unpaired) electrons. The van der Waals surface area contributed by atoms with Gasteiger partial charge in [0.15, 0.2) is 0 Å². The van der Waals surface area contributed by atoms with Gasteiger partial charge in [-0.15, -0.1) is 12.4 Å². The van der Waals surface area contributed by atoms with Gasteiger partial charge in [-0.1, -0.05) is 46.9 Å². The summed E-state index contributed by atoms with van der Waals surface area (Å²) < 4.78 is 15.3. The third-order valence-corrected chi connectivity index (χ3v) is 7.32. The summed E-state index contributed by atoms with van der Waals surface area (Å²) in [5.74, 6) is -0.296.